The SMILES string of the molecule is COC1C=CC(C2CC(C)(C)C(=O)O2)=CC1. The molecule has 1 aliphatic heterocycles. The number of rotatable bonds is 2. The number of methoxy groups -OCH3 is 1. The zero-order valence-corrected chi connectivity index (χ0v) is 10.0. The van der Waals surface area contributed by atoms with Gasteiger partial charge in [-0.2, -0.15) is 0 Å². The van der Waals surface area contributed by atoms with E-state index in [2.05, 4.69) is 6.08 Å². The molecule has 1 heterocycles. The number of hydrogen-bond acceptors (Lipinski definition) is 3. The van der Waals surface area contributed by atoms with E-state index in [1.807, 2.05) is 26.0 Å². The first-order valence-electron chi connectivity index (χ1n) is 5.65. The van der Waals surface area contributed by atoms with Crippen molar-refractivity contribution in [1.82, 2.24) is 0 Å². The maximum atomic E-state index is 11.6. The number of ether oxygens (including phenoxy) is 2. The molecular formula is C13H18O3. The zero-order valence-electron chi connectivity index (χ0n) is 10.0. The molecule has 88 valence electrons. The lowest BCUT2D eigenvalue weighted by Gasteiger charge is -2.18. The fourth-order valence-corrected chi connectivity index (χ4v) is 2.09. The molecule has 2 unspecified atom stereocenters. The van der Waals surface area contributed by atoms with Crippen molar-refractivity contribution in [3.63, 3.8) is 0 Å². The molecule has 2 atom stereocenters. The Morgan fingerprint density at radius 2 is 2.25 bits per heavy atom. The van der Waals surface area contributed by atoms with Gasteiger partial charge in [0.1, 0.15) is 6.10 Å². The van der Waals surface area contributed by atoms with Crippen molar-refractivity contribution in [2.45, 2.75) is 38.9 Å². The van der Waals surface area contributed by atoms with E-state index in [4.69, 9.17) is 9.47 Å². The normalized spacial score (nSPS) is 32.4. The minimum absolute atomic E-state index is 0.0726. The molecule has 1 saturated heterocycles. The lowest BCUT2D eigenvalue weighted by molar-refractivity contribution is -0.146. The molecule has 0 spiro atoms. The van der Waals surface area contributed by atoms with Gasteiger partial charge in [-0.25, -0.2) is 0 Å². The van der Waals surface area contributed by atoms with Crippen molar-refractivity contribution >= 4 is 5.97 Å². The Morgan fingerprint density at radius 1 is 1.50 bits per heavy atom. The van der Waals surface area contributed by atoms with Gasteiger partial charge < -0.3 is 9.47 Å². The topological polar surface area (TPSA) is 35.5 Å². The lowest BCUT2D eigenvalue weighted by Crippen LogP contribution is -2.16. The van der Waals surface area contributed by atoms with Crippen LogP contribution in [0.25, 0.3) is 0 Å². The van der Waals surface area contributed by atoms with Crippen molar-refractivity contribution in [2.75, 3.05) is 7.11 Å². The Kier molecular flexibility index (Phi) is 2.89. The molecule has 2 rings (SSSR count). The van der Waals surface area contributed by atoms with Crippen molar-refractivity contribution in [2.24, 2.45) is 5.41 Å². The highest BCUT2D eigenvalue weighted by molar-refractivity contribution is 5.78. The van der Waals surface area contributed by atoms with Crippen LogP contribution in [0.1, 0.15) is 26.7 Å². The average Bonchev–Trinajstić information content (AvgIpc) is 2.54. The van der Waals surface area contributed by atoms with Gasteiger partial charge in [0.05, 0.1) is 11.5 Å². The van der Waals surface area contributed by atoms with Gasteiger partial charge in [-0.1, -0.05) is 18.2 Å². The minimum atomic E-state index is -0.350. The van der Waals surface area contributed by atoms with Crippen molar-refractivity contribution < 1.29 is 14.3 Å². The second kappa shape index (κ2) is 4.06. The van der Waals surface area contributed by atoms with Crippen molar-refractivity contribution in [1.29, 1.82) is 0 Å². The summed E-state index contributed by atoms with van der Waals surface area (Å²) < 4.78 is 10.6. The first-order chi connectivity index (χ1) is 7.53. The summed E-state index contributed by atoms with van der Waals surface area (Å²) in [5.74, 6) is -0.0966. The number of hydrogen-bond donors (Lipinski definition) is 0. The van der Waals surface area contributed by atoms with Gasteiger partial charge in [0.15, 0.2) is 0 Å². The maximum Gasteiger partial charge on any atom is 0.312 e. The first-order valence-corrected chi connectivity index (χ1v) is 5.65. The fourth-order valence-electron chi connectivity index (χ4n) is 2.09. The van der Waals surface area contributed by atoms with Gasteiger partial charge in [0.25, 0.3) is 0 Å². The molecule has 0 bridgehead atoms. The predicted octanol–water partition coefficient (Wildman–Crippen LogP) is 2.23. The molecular weight excluding hydrogens is 204 g/mol. The van der Waals surface area contributed by atoms with Crippen LogP contribution in [0.2, 0.25) is 0 Å². The standard InChI is InChI=1S/C13H18O3/c1-13(2)8-11(16-12(13)14)9-4-6-10(15-3)7-5-9/h4-6,10-11H,7-8H2,1-3H3. The maximum absolute atomic E-state index is 11.6. The largest absolute Gasteiger partial charge is 0.457 e. The van der Waals surface area contributed by atoms with Gasteiger partial charge in [-0.15, -0.1) is 0 Å². The van der Waals surface area contributed by atoms with Crippen LogP contribution in [-0.4, -0.2) is 25.3 Å². The zero-order chi connectivity index (χ0) is 11.8. The number of carbonyl (C=O) groups is 1. The van der Waals surface area contributed by atoms with Crippen LogP contribution in [0.3, 0.4) is 0 Å². The third-order valence-electron chi connectivity index (χ3n) is 3.26. The molecule has 3 heteroatoms. The molecule has 0 amide bonds. The molecule has 0 aromatic heterocycles. The lowest BCUT2D eigenvalue weighted by atomic mass is 9.87. The monoisotopic (exact) mass is 222 g/mol. The third-order valence-corrected chi connectivity index (χ3v) is 3.26. The van der Waals surface area contributed by atoms with Gasteiger partial charge >= 0.3 is 5.97 Å². The average molecular weight is 222 g/mol. The summed E-state index contributed by atoms with van der Waals surface area (Å²) in [6.07, 6.45) is 7.85. The molecule has 16 heavy (non-hydrogen) atoms. The summed E-state index contributed by atoms with van der Waals surface area (Å²) in [6.45, 7) is 3.86. The van der Waals surface area contributed by atoms with Crippen LogP contribution in [0.5, 0.6) is 0 Å². The summed E-state index contributed by atoms with van der Waals surface area (Å²) in [6, 6.07) is 0. The summed E-state index contributed by atoms with van der Waals surface area (Å²) in [5, 5.41) is 0. The number of carbonyl (C=O) groups excluding carboxylic acids is 1. The van der Waals surface area contributed by atoms with E-state index in [0.29, 0.717) is 0 Å². The Morgan fingerprint density at radius 3 is 2.69 bits per heavy atom. The predicted molar refractivity (Wildman–Crippen MR) is 60.9 cm³/mol. The molecule has 0 N–H and O–H groups in total. The van der Waals surface area contributed by atoms with Crippen LogP contribution >= 0.6 is 0 Å². The summed E-state index contributed by atoms with van der Waals surface area (Å²) in [5.41, 5.74) is 0.754. The summed E-state index contributed by atoms with van der Waals surface area (Å²) in [4.78, 5) is 11.6. The molecule has 0 radical (unpaired) electrons. The van der Waals surface area contributed by atoms with Crippen molar-refractivity contribution in [3.8, 4) is 0 Å². The third kappa shape index (κ3) is 2.05. The van der Waals surface area contributed by atoms with Crippen LogP contribution in [0.4, 0.5) is 0 Å². The summed E-state index contributed by atoms with van der Waals surface area (Å²) in [7, 11) is 1.70. The highest BCUT2D eigenvalue weighted by Gasteiger charge is 2.42. The van der Waals surface area contributed by atoms with E-state index in [9.17, 15) is 4.79 Å². The Hall–Kier alpha value is -1.09. The Balaban J connectivity index is 2.04. The molecule has 1 aliphatic carbocycles. The van der Waals surface area contributed by atoms with E-state index < -0.39 is 0 Å². The second-order valence-electron chi connectivity index (χ2n) is 5.06. The van der Waals surface area contributed by atoms with E-state index in [1.54, 1.807) is 7.11 Å². The minimum Gasteiger partial charge on any atom is -0.457 e. The van der Waals surface area contributed by atoms with Crippen molar-refractivity contribution in [3.05, 3.63) is 23.8 Å². The van der Waals surface area contributed by atoms with Crippen LogP contribution in [0.15, 0.2) is 23.8 Å². The Labute approximate surface area is 96.1 Å². The van der Waals surface area contributed by atoms with Crippen LogP contribution in [0, 0.1) is 5.41 Å². The summed E-state index contributed by atoms with van der Waals surface area (Å²) >= 11 is 0. The van der Waals surface area contributed by atoms with Gasteiger partial charge in [-0.05, 0) is 25.8 Å². The van der Waals surface area contributed by atoms with Crippen LogP contribution < -0.4 is 0 Å². The first kappa shape index (κ1) is 11.4. The fraction of sp³-hybridized carbons (Fsp3) is 0.615. The number of esters is 1. The molecule has 2 aliphatic rings. The van der Waals surface area contributed by atoms with Gasteiger partial charge in [0.2, 0.25) is 0 Å². The molecule has 0 aromatic rings. The highest BCUT2D eigenvalue weighted by Crippen LogP contribution is 2.37. The van der Waals surface area contributed by atoms with E-state index in [0.717, 1.165) is 18.4 Å². The quantitative estimate of drug-likeness (QED) is 0.672. The molecule has 0 saturated carbocycles. The smallest absolute Gasteiger partial charge is 0.312 e. The van der Waals surface area contributed by atoms with Crippen LogP contribution in [-0.2, 0) is 14.3 Å². The van der Waals surface area contributed by atoms with E-state index >= 15 is 0 Å². The number of cyclic esters (lactones) is 1. The molecule has 3 nitrogen and oxygen atoms in total. The van der Waals surface area contributed by atoms with E-state index in [-0.39, 0.29) is 23.6 Å². The van der Waals surface area contributed by atoms with Gasteiger partial charge in [-0.3, -0.25) is 4.79 Å². The second-order valence-corrected chi connectivity index (χ2v) is 5.06. The molecule has 1 fully saturated rings. The van der Waals surface area contributed by atoms with E-state index in [1.165, 1.54) is 0 Å². The Bertz CT molecular complexity index is 352. The molecule has 0 aromatic carbocycles. The highest BCUT2D eigenvalue weighted by atomic mass is 16.6. The van der Waals surface area contributed by atoms with Gasteiger partial charge in [0, 0.05) is 13.5 Å².